The van der Waals surface area contributed by atoms with Crippen LogP contribution < -0.4 is 22.1 Å². The van der Waals surface area contributed by atoms with Crippen LogP contribution in [-0.4, -0.2) is 36.9 Å². The Balaban J connectivity index is 2.02. The first-order chi connectivity index (χ1) is 15.9. The zero-order valence-corrected chi connectivity index (χ0v) is 19.7. The van der Waals surface area contributed by atoms with E-state index in [9.17, 15) is 9.59 Å². The number of hydrogen-bond acceptors (Lipinski definition) is 3. The van der Waals surface area contributed by atoms with E-state index in [-0.39, 0.29) is 29.6 Å². The average molecular weight is 452 g/mol. The number of nitrogens with two attached hydrogens (primary N) is 2. The molecule has 2 amide bonds. The normalized spacial score (nSPS) is 12.6. The van der Waals surface area contributed by atoms with E-state index in [0.717, 1.165) is 17.5 Å². The van der Waals surface area contributed by atoms with E-state index in [1.54, 1.807) is 0 Å². The summed E-state index contributed by atoms with van der Waals surface area (Å²) < 4.78 is 0. The summed E-state index contributed by atoms with van der Waals surface area (Å²) in [6.45, 7) is 5.01. The number of benzene rings is 2. The number of guanidine groups is 1. The third-order valence-corrected chi connectivity index (χ3v) is 5.58. The second kappa shape index (κ2) is 13.9. The van der Waals surface area contributed by atoms with Crippen LogP contribution in [0.5, 0.6) is 0 Å². The molecule has 2 aromatic rings. The highest BCUT2D eigenvalue weighted by molar-refractivity contribution is 5.88. The van der Waals surface area contributed by atoms with Gasteiger partial charge in [0.15, 0.2) is 5.96 Å². The van der Waals surface area contributed by atoms with Crippen molar-refractivity contribution in [3.8, 4) is 0 Å². The Labute approximate surface area is 197 Å². The van der Waals surface area contributed by atoms with Crippen molar-refractivity contribution in [2.24, 2.45) is 28.3 Å². The smallest absolute Gasteiger partial charge is 0.242 e. The van der Waals surface area contributed by atoms with Crippen LogP contribution >= 0.6 is 0 Å². The summed E-state index contributed by atoms with van der Waals surface area (Å²) in [7, 11) is 0. The topological polar surface area (TPSA) is 123 Å². The fraction of sp³-hybridized carbons (Fsp3) is 0.423. The molecule has 0 radical (unpaired) electrons. The zero-order chi connectivity index (χ0) is 24.1. The summed E-state index contributed by atoms with van der Waals surface area (Å²) in [5.41, 5.74) is 12.9. The minimum absolute atomic E-state index is 0.0515. The molecule has 0 aliphatic heterocycles. The van der Waals surface area contributed by atoms with E-state index in [1.165, 1.54) is 0 Å². The van der Waals surface area contributed by atoms with Gasteiger partial charge >= 0.3 is 0 Å². The number of nitrogens with one attached hydrogen (secondary N) is 2. The quantitative estimate of drug-likeness (QED) is 0.212. The molecule has 0 heterocycles. The van der Waals surface area contributed by atoms with E-state index < -0.39 is 6.04 Å². The number of amides is 2. The van der Waals surface area contributed by atoms with Crippen LogP contribution in [0, 0.1) is 11.8 Å². The number of hydrogen-bond donors (Lipinski definition) is 4. The first-order valence-corrected chi connectivity index (χ1v) is 11.6. The lowest BCUT2D eigenvalue weighted by Crippen LogP contribution is -2.50. The third-order valence-electron chi connectivity index (χ3n) is 5.58. The first-order valence-electron chi connectivity index (χ1n) is 11.6. The SMILES string of the molecule is CC(C)C(CCCN=C(N)N)C(=O)NC(Cc1ccccc1)C(=O)NCCc1ccccc1. The van der Waals surface area contributed by atoms with Crippen molar-refractivity contribution in [3.63, 3.8) is 0 Å². The molecule has 0 aliphatic rings. The molecular formula is C26H37N5O2. The summed E-state index contributed by atoms with van der Waals surface area (Å²) in [6, 6.07) is 19.1. The second-order valence-electron chi connectivity index (χ2n) is 8.58. The summed E-state index contributed by atoms with van der Waals surface area (Å²) in [4.78, 5) is 30.2. The van der Waals surface area contributed by atoms with E-state index in [2.05, 4.69) is 15.6 Å². The molecule has 2 unspecified atom stereocenters. The molecule has 2 aromatic carbocycles. The standard InChI is InChI=1S/C26H37N5O2/c1-19(2)22(14-9-16-30-26(27)28)24(32)31-23(18-21-12-7-4-8-13-21)25(33)29-17-15-20-10-5-3-6-11-20/h3-8,10-13,19,22-23H,9,14-18H2,1-2H3,(H,29,33)(H,31,32)(H4,27,28,30). The van der Waals surface area contributed by atoms with Crippen LogP contribution in [0.3, 0.4) is 0 Å². The molecule has 0 spiro atoms. The van der Waals surface area contributed by atoms with Crippen LogP contribution in [-0.2, 0) is 22.4 Å². The van der Waals surface area contributed by atoms with Gasteiger partial charge in [-0.15, -0.1) is 0 Å². The van der Waals surface area contributed by atoms with E-state index in [4.69, 9.17) is 11.5 Å². The van der Waals surface area contributed by atoms with Crippen LogP contribution in [0.15, 0.2) is 65.7 Å². The van der Waals surface area contributed by atoms with Gasteiger partial charge in [-0.25, -0.2) is 0 Å². The summed E-state index contributed by atoms with van der Waals surface area (Å²) in [5.74, 6) is -0.340. The molecular weight excluding hydrogens is 414 g/mol. The van der Waals surface area contributed by atoms with E-state index in [1.807, 2.05) is 74.5 Å². The summed E-state index contributed by atoms with van der Waals surface area (Å²) in [6.07, 6.45) is 2.51. The molecule has 7 heteroatoms. The Morgan fingerprint density at radius 2 is 1.52 bits per heavy atom. The van der Waals surface area contributed by atoms with Gasteiger partial charge in [0.25, 0.3) is 0 Å². The zero-order valence-electron chi connectivity index (χ0n) is 19.7. The van der Waals surface area contributed by atoms with Crippen molar-refractivity contribution in [1.29, 1.82) is 0 Å². The van der Waals surface area contributed by atoms with E-state index in [0.29, 0.717) is 32.4 Å². The minimum atomic E-state index is -0.644. The van der Waals surface area contributed by atoms with Gasteiger partial charge in [-0.2, -0.15) is 0 Å². The van der Waals surface area contributed by atoms with Crippen molar-refractivity contribution in [2.75, 3.05) is 13.1 Å². The van der Waals surface area contributed by atoms with Crippen LogP contribution in [0.2, 0.25) is 0 Å². The van der Waals surface area contributed by atoms with Crippen molar-refractivity contribution in [3.05, 3.63) is 71.8 Å². The molecule has 6 N–H and O–H groups in total. The van der Waals surface area contributed by atoms with Crippen LogP contribution in [0.4, 0.5) is 0 Å². The minimum Gasteiger partial charge on any atom is -0.370 e. The fourth-order valence-corrected chi connectivity index (χ4v) is 3.72. The molecule has 0 fully saturated rings. The van der Waals surface area contributed by atoms with Crippen molar-refractivity contribution >= 4 is 17.8 Å². The molecule has 0 aliphatic carbocycles. The molecule has 0 saturated carbocycles. The van der Waals surface area contributed by atoms with Crippen molar-refractivity contribution in [1.82, 2.24) is 10.6 Å². The highest BCUT2D eigenvalue weighted by Crippen LogP contribution is 2.18. The average Bonchev–Trinajstić information content (AvgIpc) is 2.79. The Bertz CT molecular complexity index is 880. The molecule has 33 heavy (non-hydrogen) atoms. The first kappa shape index (κ1) is 25.9. The molecule has 2 rings (SSSR count). The summed E-state index contributed by atoms with van der Waals surface area (Å²) >= 11 is 0. The van der Waals surface area contributed by atoms with Gasteiger partial charge in [-0.05, 0) is 36.3 Å². The van der Waals surface area contributed by atoms with Gasteiger partial charge in [-0.3, -0.25) is 14.6 Å². The largest absolute Gasteiger partial charge is 0.370 e. The van der Waals surface area contributed by atoms with Gasteiger partial charge in [0.05, 0.1) is 0 Å². The highest BCUT2D eigenvalue weighted by atomic mass is 16.2. The van der Waals surface area contributed by atoms with Gasteiger partial charge < -0.3 is 22.1 Å². The molecule has 0 bridgehead atoms. The molecule has 178 valence electrons. The maximum atomic E-state index is 13.1. The monoisotopic (exact) mass is 451 g/mol. The van der Waals surface area contributed by atoms with Crippen LogP contribution in [0.25, 0.3) is 0 Å². The Kier molecular flexibility index (Phi) is 10.9. The number of carbonyl (C=O) groups is 2. The summed E-state index contributed by atoms with van der Waals surface area (Å²) in [5, 5.41) is 6.00. The lowest BCUT2D eigenvalue weighted by molar-refractivity contribution is -0.132. The van der Waals surface area contributed by atoms with Crippen molar-refractivity contribution < 1.29 is 9.59 Å². The number of aliphatic imine (C=N–C) groups is 1. The maximum absolute atomic E-state index is 13.1. The molecule has 2 atom stereocenters. The Morgan fingerprint density at radius 3 is 2.09 bits per heavy atom. The maximum Gasteiger partial charge on any atom is 0.242 e. The predicted octanol–water partition coefficient (Wildman–Crippen LogP) is 2.40. The fourth-order valence-electron chi connectivity index (χ4n) is 3.72. The molecule has 0 saturated heterocycles. The number of nitrogens with zero attached hydrogens (tertiary/aromatic N) is 1. The molecule has 0 aromatic heterocycles. The van der Waals surface area contributed by atoms with Gasteiger partial charge in [0, 0.05) is 25.4 Å². The number of rotatable bonds is 13. The van der Waals surface area contributed by atoms with Crippen molar-refractivity contribution in [2.45, 2.75) is 45.6 Å². The lowest BCUT2D eigenvalue weighted by Gasteiger charge is -2.24. The van der Waals surface area contributed by atoms with Gasteiger partial charge in [0.1, 0.15) is 6.04 Å². The molecule has 7 nitrogen and oxygen atoms in total. The Morgan fingerprint density at radius 1 is 0.909 bits per heavy atom. The third kappa shape index (κ3) is 9.76. The highest BCUT2D eigenvalue weighted by Gasteiger charge is 2.27. The predicted molar refractivity (Wildman–Crippen MR) is 133 cm³/mol. The van der Waals surface area contributed by atoms with Gasteiger partial charge in [-0.1, -0.05) is 74.5 Å². The Hall–Kier alpha value is -3.35. The number of carbonyl (C=O) groups excluding carboxylic acids is 2. The van der Waals surface area contributed by atoms with Gasteiger partial charge in [0.2, 0.25) is 11.8 Å². The van der Waals surface area contributed by atoms with E-state index >= 15 is 0 Å². The lowest BCUT2D eigenvalue weighted by atomic mass is 9.89. The van der Waals surface area contributed by atoms with Crippen LogP contribution in [0.1, 0.15) is 37.8 Å². The second-order valence-corrected chi connectivity index (χ2v) is 8.58.